The predicted octanol–water partition coefficient (Wildman–Crippen LogP) is 2.95. The largest absolute Gasteiger partial charge is 0.377 e. The molecule has 1 fully saturated rings. The molecule has 108 valence electrons. The monoisotopic (exact) mass is 282 g/mol. The minimum absolute atomic E-state index is 0.184. The van der Waals surface area contributed by atoms with E-state index in [-0.39, 0.29) is 6.04 Å². The maximum atomic E-state index is 6.38. The molecule has 2 heterocycles. The van der Waals surface area contributed by atoms with Crippen molar-refractivity contribution >= 4 is 11.3 Å². The van der Waals surface area contributed by atoms with Gasteiger partial charge < -0.3 is 10.5 Å². The highest BCUT2D eigenvalue weighted by molar-refractivity contribution is 7.10. The number of hydrogen-bond acceptors (Lipinski definition) is 4. The minimum Gasteiger partial charge on any atom is -0.377 e. The fourth-order valence-corrected chi connectivity index (χ4v) is 4.02. The summed E-state index contributed by atoms with van der Waals surface area (Å²) in [5.74, 6) is 0. The molecule has 1 aromatic rings. The molecule has 3 nitrogen and oxygen atoms in total. The van der Waals surface area contributed by atoms with E-state index in [4.69, 9.17) is 10.5 Å². The van der Waals surface area contributed by atoms with Gasteiger partial charge in [-0.15, -0.1) is 11.3 Å². The summed E-state index contributed by atoms with van der Waals surface area (Å²) < 4.78 is 5.76. The first-order chi connectivity index (χ1) is 9.13. The molecule has 0 amide bonds. The van der Waals surface area contributed by atoms with Crippen molar-refractivity contribution in [1.82, 2.24) is 4.90 Å². The van der Waals surface area contributed by atoms with E-state index >= 15 is 0 Å². The normalized spacial score (nSPS) is 22.9. The number of thiophene rings is 1. The molecule has 0 radical (unpaired) electrons. The third-order valence-electron chi connectivity index (χ3n) is 4.04. The van der Waals surface area contributed by atoms with Crippen molar-refractivity contribution in [2.75, 3.05) is 20.2 Å². The van der Waals surface area contributed by atoms with E-state index in [2.05, 4.69) is 37.2 Å². The number of rotatable bonds is 6. The molecule has 2 N–H and O–H groups in total. The summed E-state index contributed by atoms with van der Waals surface area (Å²) in [6, 6.07) is 2.69. The van der Waals surface area contributed by atoms with Crippen LogP contribution in [0.15, 0.2) is 11.4 Å². The van der Waals surface area contributed by atoms with Crippen molar-refractivity contribution in [2.24, 2.45) is 5.73 Å². The standard InChI is InChI=1S/C15H26N2OS/c1-4-13(16)14(15-11(2)7-9-19-15)17(3)10-12-6-5-8-18-12/h7,9,12-14H,4-6,8,10,16H2,1-3H3. The molecule has 0 bridgehead atoms. The summed E-state index contributed by atoms with van der Waals surface area (Å²) in [4.78, 5) is 3.80. The van der Waals surface area contributed by atoms with Crippen molar-refractivity contribution in [3.05, 3.63) is 21.9 Å². The average molecular weight is 282 g/mol. The zero-order chi connectivity index (χ0) is 13.8. The van der Waals surface area contributed by atoms with E-state index in [1.54, 1.807) is 0 Å². The molecule has 2 rings (SSSR count). The van der Waals surface area contributed by atoms with E-state index in [1.807, 2.05) is 11.3 Å². The zero-order valence-electron chi connectivity index (χ0n) is 12.3. The average Bonchev–Trinajstić information content (AvgIpc) is 3.02. The Balaban J connectivity index is 2.10. The van der Waals surface area contributed by atoms with Crippen LogP contribution in [0, 0.1) is 6.92 Å². The Bertz CT molecular complexity index is 387. The molecule has 0 aromatic carbocycles. The summed E-state index contributed by atoms with van der Waals surface area (Å²) in [6.45, 7) is 6.25. The SMILES string of the molecule is CCC(N)C(c1sccc1C)N(C)CC1CCCO1. The van der Waals surface area contributed by atoms with Crippen LogP contribution in [0.1, 0.15) is 42.7 Å². The Morgan fingerprint density at radius 3 is 2.89 bits per heavy atom. The Kier molecular flexibility index (Phi) is 5.39. The van der Waals surface area contributed by atoms with Gasteiger partial charge in [-0.1, -0.05) is 6.92 Å². The third-order valence-corrected chi connectivity index (χ3v) is 5.13. The van der Waals surface area contributed by atoms with Gasteiger partial charge in [-0.2, -0.15) is 0 Å². The first-order valence-corrected chi connectivity index (χ1v) is 8.12. The van der Waals surface area contributed by atoms with E-state index < -0.39 is 0 Å². The van der Waals surface area contributed by atoms with Crippen LogP contribution >= 0.6 is 11.3 Å². The summed E-state index contributed by atoms with van der Waals surface area (Å²) >= 11 is 1.83. The molecule has 0 aliphatic carbocycles. The van der Waals surface area contributed by atoms with Gasteiger partial charge in [0.2, 0.25) is 0 Å². The van der Waals surface area contributed by atoms with Crippen molar-refractivity contribution < 1.29 is 4.74 Å². The van der Waals surface area contributed by atoms with Crippen molar-refractivity contribution in [2.45, 2.75) is 51.3 Å². The van der Waals surface area contributed by atoms with Crippen LogP contribution in [0.5, 0.6) is 0 Å². The van der Waals surface area contributed by atoms with Gasteiger partial charge in [0.25, 0.3) is 0 Å². The molecule has 1 aromatic heterocycles. The molecule has 1 saturated heterocycles. The smallest absolute Gasteiger partial charge is 0.0702 e. The lowest BCUT2D eigenvalue weighted by Crippen LogP contribution is -2.41. The maximum absolute atomic E-state index is 6.38. The van der Waals surface area contributed by atoms with Gasteiger partial charge in [0, 0.05) is 24.1 Å². The highest BCUT2D eigenvalue weighted by Crippen LogP contribution is 2.31. The van der Waals surface area contributed by atoms with Gasteiger partial charge in [-0.25, -0.2) is 0 Å². The highest BCUT2D eigenvalue weighted by atomic mass is 32.1. The summed E-state index contributed by atoms with van der Waals surface area (Å²) in [6.07, 6.45) is 3.76. The number of aryl methyl sites for hydroxylation is 1. The van der Waals surface area contributed by atoms with Crippen LogP contribution in [-0.4, -0.2) is 37.2 Å². The van der Waals surface area contributed by atoms with Crippen LogP contribution in [0.4, 0.5) is 0 Å². The van der Waals surface area contributed by atoms with E-state index in [9.17, 15) is 0 Å². The zero-order valence-corrected chi connectivity index (χ0v) is 13.1. The fourth-order valence-electron chi connectivity index (χ4n) is 2.86. The molecule has 19 heavy (non-hydrogen) atoms. The molecule has 1 aliphatic heterocycles. The third kappa shape index (κ3) is 3.57. The number of hydrogen-bond donors (Lipinski definition) is 1. The van der Waals surface area contributed by atoms with Crippen LogP contribution < -0.4 is 5.73 Å². The second kappa shape index (κ2) is 6.84. The van der Waals surface area contributed by atoms with Crippen molar-refractivity contribution in [1.29, 1.82) is 0 Å². The lowest BCUT2D eigenvalue weighted by atomic mass is 10.0. The van der Waals surface area contributed by atoms with Gasteiger partial charge in [0.1, 0.15) is 0 Å². The number of nitrogens with zero attached hydrogens (tertiary/aromatic N) is 1. The first kappa shape index (κ1) is 15.0. The van der Waals surface area contributed by atoms with Gasteiger partial charge in [-0.05, 0) is 50.2 Å². The Labute approximate surface area is 120 Å². The summed E-state index contributed by atoms with van der Waals surface area (Å²) in [7, 11) is 2.18. The first-order valence-electron chi connectivity index (χ1n) is 7.25. The van der Waals surface area contributed by atoms with Crippen molar-refractivity contribution in [3.63, 3.8) is 0 Å². The molecule has 3 unspecified atom stereocenters. The van der Waals surface area contributed by atoms with Gasteiger partial charge in [0.15, 0.2) is 0 Å². The molecular weight excluding hydrogens is 256 g/mol. The van der Waals surface area contributed by atoms with Gasteiger partial charge >= 0.3 is 0 Å². The molecule has 0 saturated carbocycles. The van der Waals surface area contributed by atoms with Gasteiger partial charge in [0.05, 0.1) is 12.1 Å². The molecular formula is C15H26N2OS. The summed E-state index contributed by atoms with van der Waals surface area (Å²) in [5.41, 5.74) is 7.74. The Morgan fingerprint density at radius 1 is 1.58 bits per heavy atom. The number of likely N-dealkylation sites (N-methyl/N-ethyl adjacent to an activating group) is 1. The fraction of sp³-hybridized carbons (Fsp3) is 0.733. The van der Waals surface area contributed by atoms with Crippen molar-refractivity contribution in [3.8, 4) is 0 Å². The molecule has 1 aliphatic rings. The van der Waals surface area contributed by atoms with Crippen LogP contribution in [-0.2, 0) is 4.74 Å². The lowest BCUT2D eigenvalue weighted by Gasteiger charge is -2.33. The van der Waals surface area contributed by atoms with E-state index in [0.29, 0.717) is 12.1 Å². The van der Waals surface area contributed by atoms with E-state index in [0.717, 1.165) is 19.6 Å². The van der Waals surface area contributed by atoms with Crippen LogP contribution in [0.25, 0.3) is 0 Å². The number of nitrogens with two attached hydrogens (primary N) is 1. The van der Waals surface area contributed by atoms with Crippen LogP contribution in [0.2, 0.25) is 0 Å². The second-order valence-electron chi connectivity index (χ2n) is 5.56. The molecule has 4 heteroatoms. The van der Waals surface area contributed by atoms with Crippen LogP contribution in [0.3, 0.4) is 0 Å². The van der Waals surface area contributed by atoms with Gasteiger partial charge in [-0.3, -0.25) is 4.90 Å². The lowest BCUT2D eigenvalue weighted by molar-refractivity contribution is 0.0634. The topological polar surface area (TPSA) is 38.5 Å². The quantitative estimate of drug-likeness (QED) is 0.872. The Hall–Kier alpha value is -0.420. The molecule has 0 spiro atoms. The Morgan fingerprint density at radius 2 is 2.37 bits per heavy atom. The summed E-state index contributed by atoms with van der Waals surface area (Å²) in [5, 5.41) is 2.17. The minimum atomic E-state index is 0.184. The predicted molar refractivity (Wildman–Crippen MR) is 81.7 cm³/mol. The number of ether oxygens (including phenoxy) is 1. The maximum Gasteiger partial charge on any atom is 0.0702 e. The van der Waals surface area contributed by atoms with E-state index in [1.165, 1.54) is 23.3 Å². The highest BCUT2D eigenvalue weighted by Gasteiger charge is 2.28. The molecule has 3 atom stereocenters. The second-order valence-corrected chi connectivity index (χ2v) is 6.51.